The molecule has 0 unspecified atom stereocenters. The molecule has 2 rings (SSSR count). The Morgan fingerprint density at radius 2 is 1.79 bits per heavy atom. The van der Waals surface area contributed by atoms with Crippen molar-refractivity contribution in [1.29, 1.82) is 0 Å². The monoisotopic (exact) mass is 484 g/mol. The molecule has 2 nitrogen and oxygen atoms in total. The van der Waals surface area contributed by atoms with Crippen molar-refractivity contribution in [3.05, 3.63) is 62.5 Å². The number of hydrogen-bond donors (Lipinski definition) is 0. The van der Waals surface area contributed by atoms with Gasteiger partial charge in [0.1, 0.15) is 29.4 Å². The highest BCUT2D eigenvalue weighted by Crippen LogP contribution is 2.39. The van der Waals surface area contributed by atoms with Crippen molar-refractivity contribution in [2.45, 2.75) is 6.18 Å². The minimum atomic E-state index is -4.57. The third-order valence-corrected chi connectivity index (χ3v) is 3.65. The summed E-state index contributed by atoms with van der Waals surface area (Å²) in [6.07, 6.45) is -3.03. The molecule has 0 saturated heterocycles. The van der Waals surface area contributed by atoms with Gasteiger partial charge >= 0.3 is 6.18 Å². The Morgan fingerprint density at radius 1 is 1.08 bits per heavy atom. The lowest BCUT2D eigenvalue weighted by atomic mass is 10.2. The maximum absolute atomic E-state index is 13.2. The molecular formula is C16H10Br2ClF3O2. The molecule has 0 fully saturated rings. The largest absolute Gasteiger partial charge is 0.489 e. The molecule has 8 heteroatoms. The van der Waals surface area contributed by atoms with Gasteiger partial charge in [-0.2, -0.15) is 13.2 Å². The predicted molar refractivity (Wildman–Crippen MR) is 94.4 cm³/mol. The summed E-state index contributed by atoms with van der Waals surface area (Å²) < 4.78 is 50.9. The quantitative estimate of drug-likeness (QED) is 0.446. The molecule has 0 atom stereocenters. The smallest absolute Gasteiger partial charge is 0.420 e. The van der Waals surface area contributed by atoms with Crippen molar-refractivity contribution in [1.82, 2.24) is 0 Å². The zero-order valence-electron chi connectivity index (χ0n) is 11.9. The van der Waals surface area contributed by atoms with Crippen LogP contribution in [-0.4, -0.2) is 6.61 Å². The SMILES string of the molecule is FC(F)(F)c1cc(Oc2cccc(Cl)c2)ccc1OCC=C(Br)Br. The summed E-state index contributed by atoms with van der Waals surface area (Å²) in [6.45, 7) is -0.0244. The Kier molecular flexibility index (Phi) is 6.60. The van der Waals surface area contributed by atoms with Crippen LogP contribution in [0.5, 0.6) is 17.2 Å². The number of alkyl halides is 3. The van der Waals surface area contributed by atoms with E-state index in [1.807, 2.05) is 0 Å². The Labute approximate surface area is 158 Å². The van der Waals surface area contributed by atoms with Gasteiger partial charge in [-0.15, -0.1) is 0 Å². The van der Waals surface area contributed by atoms with E-state index in [9.17, 15) is 13.2 Å². The fourth-order valence-corrected chi connectivity index (χ4v) is 2.23. The van der Waals surface area contributed by atoms with Gasteiger partial charge in [0.15, 0.2) is 0 Å². The average molecular weight is 487 g/mol. The standard InChI is InChI=1S/C16H10Br2ClF3O2/c17-15(18)6-7-23-14-5-4-12(9-13(14)16(20,21)22)24-11-3-1-2-10(19)8-11/h1-6,8-9H,7H2. The molecule has 0 saturated carbocycles. The molecular weight excluding hydrogens is 476 g/mol. The van der Waals surface area contributed by atoms with E-state index in [0.717, 1.165) is 6.07 Å². The second-order valence-electron chi connectivity index (χ2n) is 4.52. The molecule has 0 heterocycles. The van der Waals surface area contributed by atoms with Crippen LogP contribution in [0.25, 0.3) is 0 Å². The van der Waals surface area contributed by atoms with Gasteiger partial charge in [-0.3, -0.25) is 0 Å². The molecule has 0 amide bonds. The summed E-state index contributed by atoms with van der Waals surface area (Å²) in [7, 11) is 0. The van der Waals surface area contributed by atoms with Gasteiger partial charge in [0.05, 0.1) is 3.39 Å². The molecule has 2 aromatic carbocycles. The van der Waals surface area contributed by atoms with Crippen molar-refractivity contribution in [3.8, 4) is 17.2 Å². The first-order chi connectivity index (χ1) is 11.3. The van der Waals surface area contributed by atoms with Crippen LogP contribution in [0.2, 0.25) is 5.02 Å². The normalized spacial score (nSPS) is 11.1. The third kappa shape index (κ3) is 5.72. The topological polar surface area (TPSA) is 18.5 Å². The van der Waals surface area contributed by atoms with Gasteiger partial charge in [0.25, 0.3) is 0 Å². The second-order valence-corrected chi connectivity index (χ2v) is 7.73. The van der Waals surface area contributed by atoms with Crippen molar-refractivity contribution in [2.24, 2.45) is 0 Å². The van der Waals surface area contributed by atoms with Gasteiger partial charge in [0, 0.05) is 5.02 Å². The summed E-state index contributed by atoms with van der Waals surface area (Å²) in [6, 6.07) is 9.91. The van der Waals surface area contributed by atoms with Crippen LogP contribution in [-0.2, 0) is 6.18 Å². The average Bonchev–Trinajstić information content (AvgIpc) is 2.47. The molecule has 0 N–H and O–H groups in total. The Bertz CT molecular complexity index is 744. The van der Waals surface area contributed by atoms with Crippen LogP contribution in [0.3, 0.4) is 0 Å². The van der Waals surface area contributed by atoms with E-state index in [2.05, 4.69) is 31.9 Å². The predicted octanol–water partition coefficient (Wildman–Crippen LogP) is 7.16. The minimum Gasteiger partial charge on any atom is -0.489 e. The number of hydrogen-bond acceptors (Lipinski definition) is 2. The molecule has 0 aliphatic heterocycles. The van der Waals surface area contributed by atoms with Gasteiger partial charge < -0.3 is 9.47 Å². The summed E-state index contributed by atoms with van der Waals surface area (Å²) in [4.78, 5) is 0. The van der Waals surface area contributed by atoms with Crippen molar-refractivity contribution < 1.29 is 22.6 Å². The van der Waals surface area contributed by atoms with Crippen LogP contribution >= 0.6 is 43.5 Å². The number of halogens is 6. The molecule has 24 heavy (non-hydrogen) atoms. The molecule has 0 aromatic heterocycles. The molecule has 0 aliphatic carbocycles. The van der Waals surface area contributed by atoms with E-state index in [-0.39, 0.29) is 18.1 Å². The Hall–Kier alpha value is -1.18. The molecule has 0 radical (unpaired) electrons. The lowest BCUT2D eigenvalue weighted by Gasteiger charge is -2.15. The zero-order chi connectivity index (χ0) is 17.7. The molecule has 2 aromatic rings. The summed E-state index contributed by atoms with van der Waals surface area (Å²) in [5.74, 6) is 0.100. The van der Waals surface area contributed by atoms with E-state index < -0.39 is 11.7 Å². The zero-order valence-corrected chi connectivity index (χ0v) is 15.8. The Balaban J connectivity index is 2.27. The fraction of sp³-hybridized carbons (Fsp3) is 0.125. The van der Waals surface area contributed by atoms with Crippen molar-refractivity contribution >= 4 is 43.5 Å². The summed E-state index contributed by atoms with van der Waals surface area (Å²) >= 11 is 12.0. The lowest BCUT2D eigenvalue weighted by molar-refractivity contribution is -0.138. The van der Waals surface area contributed by atoms with Crippen LogP contribution in [0, 0.1) is 0 Å². The Morgan fingerprint density at radius 3 is 2.42 bits per heavy atom. The van der Waals surface area contributed by atoms with E-state index in [1.54, 1.807) is 18.2 Å². The van der Waals surface area contributed by atoms with E-state index in [4.69, 9.17) is 21.1 Å². The van der Waals surface area contributed by atoms with Gasteiger partial charge in [-0.1, -0.05) is 17.7 Å². The number of benzene rings is 2. The first kappa shape index (κ1) is 19.1. The highest BCUT2D eigenvalue weighted by Gasteiger charge is 2.35. The molecule has 0 spiro atoms. The first-order valence-corrected chi connectivity index (χ1v) is 8.51. The minimum absolute atomic E-state index is 0.0244. The summed E-state index contributed by atoms with van der Waals surface area (Å²) in [5, 5.41) is 0.427. The van der Waals surface area contributed by atoms with E-state index in [1.165, 1.54) is 24.3 Å². The maximum Gasteiger partial charge on any atom is 0.420 e. The highest BCUT2D eigenvalue weighted by molar-refractivity contribution is 9.28. The van der Waals surface area contributed by atoms with Crippen LogP contribution in [0.15, 0.2) is 51.9 Å². The van der Waals surface area contributed by atoms with E-state index >= 15 is 0 Å². The van der Waals surface area contributed by atoms with Crippen molar-refractivity contribution in [2.75, 3.05) is 6.61 Å². The molecule has 0 aliphatic rings. The second kappa shape index (κ2) is 8.27. The highest BCUT2D eigenvalue weighted by atomic mass is 79.9. The van der Waals surface area contributed by atoms with Gasteiger partial charge in [-0.25, -0.2) is 0 Å². The fourth-order valence-electron chi connectivity index (χ4n) is 1.78. The van der Waals surface area contributed by atoms with Crippen LogP contribution in [0.4, 0.5) is 13.2 Å². The molecule has 0 bridgehead atoms. The number of ether oxygens (including phenoxy) is 2. The van der Waals surface area contributed by atoms with Crippen molar-refractivity contribution in [3.63, 3.8) is 0 Å². The third-order valence-electron chi connectivity index (χ3n) is 2.76. The van der Waals surface area contributed by atoms with Crippen LogP contribution < -0.4 is 9.47 Å². The number of rotatable bonds is 5. The summed E-state index contributed by atoms with van der Waals surface area (Å²) in [5.41, 5.74) is -0.916. The van der Waals surface area contributed by atoms with Gasteiger partial charge in [0.2, 0.25) is 0 Å². The first-order valence-electron chi connectivity index (χ1n) is 6.54. The lowest BCUT2D eigenvalue weighted by Crippen LogP contribution is -2.09. The van der Waals surface area contributed by atoms with Crippen LogP contribution in [0.1, 0.15) is 5.56 Å². The molecule has 128 valence electrons. The van der Waals surface area contributed by atoms with Gasteiger partial charge in [-0.05, 0) is 74.3 Å². The van der Waals surface area contributed by atoms with E-state index in [0.29, 0.717) is 14.2 Å². The maximum atomic E-state index is 13.2.